The van der Waals surface area contributed by atoms with Gasteiger partial charge in [-0.1, -0.05) is 36.4 Å². The molecule has 0 amide bonds. The quantitative estimate of drug-likeness (QED) is 0.726. The smallest absolute Gasteiger partial charge is 0.153 e. The van der Waals surface area contributed by atoms with Crippen molar-refractivity contribution in [2.45, 2.75) is 32.4 Å². The van der Waals surface area contributed by atoms with Crippen molar-refractivity contribution in [2.24, 2.45) is 0 Å². The van der Waals surface area contributed by atoms with E-state index < -0.39 is 5.60 Å². The van der Waals surface area contributed by atoms with Crippen LogP contribution in [0.15, 0.2) is 60.9 Å². The van der Waals surface area contributed by atoms with Crippen LogP contribution >= 0.6 is 0 Å². The minimum absolute atomic E-state index is 0.0626. The number of hydrogen-bond donors (Lipinski definition) is 2. The number of hydrogen-bond acceptors (Lipinski definition) is 4. The first kappa shape index (κ1) is 17.3. The first-order valence-corrected chi connectivity index (χ1v) is 8.46. The lowest BCUT2D eigenvalue weighted by molar-refractivity contribution is 0.0543. The predicted octanol–water partition coefficient (Wildman–Crippen LogP) is 3.13. The molecule has 0 spiro atoms. The van der Waals surface area contributed by atoms with Crippen LogP contribution in [-0.4, -0.2) is 26.4 Å². The zero-order valence-electron chi connectivity index (χ0n) is 14.8. The van der Waals surface area contributed by atoms with E-state index in [1.54, 1.807) is 6.20 Å². The SMILES string of the molecule is Cc1c(C(C)NCC(C)(O)c2ccccc2)cnn1-c1ccccn1. The summed E-state index contributed by atoms with van der Waals surface area (Å²) < 4.78 is 1.84. The molecule has 0 saturated heterocycles. The Bertz CT molecular complexity index is 812. The molecule has 130 valence electrons. The average Bonchev–Trinajstić information content (AvgIpc) is 3.03. The molecular formula is C20H24N4O. The topological polar surface area (TPSA) is 63.0 Å². The van der Waals surface area contributed by atoms with Gasteiger partial charge in [-0.3, -0.25) is 0 Å². The molecule has 0 saturated carbocycles. The van der Waals surface area contributed by atoms with Crippen molar-refractivity contribution in [1.29, 1.82) is 0 Å². The summed E-state index contributed by atoms with van der Waals surface area (Å²) in [5.74, 6) is 0.801. The molecule has 2 N–H and O–H groups in total. The van der Waals surface area contributed by atoms with Crippen molar-refractivity contribution in [3.05, 3.63) is 77.7 Å². The van der Waals surface area contributed by atoms with Crippen molar-refractivity contribution in [2.75, 3.05) is 6.54 Å². The van der Waals surface area contributed by atoms with Gasteiger partial charge >= 0.3 is 0 Å². The highest BCUT2D eigenvalue weighted by atomic mass is 16.3. The van der Waals surface area contributed by atoms with E-state index in [2.05, 4.69) is 22.3 Å². The normalized spacial score (nSPS) is 14.9. The van der Waals surface area contributed by atoms with Gasteiger partial charge in [-0.2, -0.15) is 5.10 Å². The van der Waals surface area contributed by atoms with Crippen molar-refractivity contribution >= 4 is 0 Å². The minimum atomic E-state index is -0.930. The number of nitrogens with one attached hydrogen (secondary N) is 1. The van der Waals surface area contributed by atoms with E-state index in [0.29, 0.717) is 6.54 Å². The van der Waals surface area contributed by atoms with Crippen LogP contribution in [0.5, 0.6) is 0 Å². The van der Waals surface area contributed by atoms with Crippen LogP contribution in [0.4, 0.5) is 0 Å². The molecular weight excluding hydrogens is 312 g/mol. The molecule has 0 aliphatic rings. The van der Waals surface area contributed by atoms with Gasteiger partial charge in [0, 0.05) is 30.0 Å². The second-order valence-electron chi connectivity index (χ2n) is 6.53. The zero-order valence-corrected chi connectivity index (χ0v) is 14.8. The fraction of sp³-hybridized carbons (Fsp3) is 0.300. The highest BCUT2D eigenvalue weighted by Gasteiger charge is 2.24. The second kappa shape index (κ2) is 7.17. The fourth-order valence-electron chi connectivity index (χ4n) is 2.92. The molecule has 2 atom stereocenters. The van der Waals surface area contributed by atoms with E-state index in [0.717, 1.165) is 22.6 Å². The Hall–Kier alpha value is -2.50. The molecule has 2 aromatic heterocycles. The molecule has 0 fully saturated rings. The summed E-state index contributed by atoms with van der Waals surface area (Å²) in [6, 6.07) is 15.5. The summed E-state index contributed by atoms with van der Waals surface area (Å²) in [5, 5.41) is 18.6. The number of aliphatic hydroxyl groups is 1. The molecule has 3 rings (SSSR count). The van der Waals surface area contributed by atoms with Crippen molar-refractivity contribution in [1.82, 2.24) is 20.1 Å². The minimum Gasteiger partial charge on any atom is -0.384 e. The number of rotatable bonds is 6. The highest BCUT2D eigenvalue weighted by molar-refractivity contribution is 5.30. The van der Waals surface area contributed by atoms with Gasteiger partial charge in [0.25, 0.3) is 0 Å². The second-order valence-corrected chi connectivity index (χ2v) is 6.53. The molecule has 0 aliphatic heterocycles. The Morgan fingerprint density at radius 3 is 2.56 bits per heavy atom. The first-order chi connectivity index (χ1) is 12.0. The average molecular weight is 336 g/mol. The van der Waals surface area contributed by atoms with Crippen molar-refractivity contribution < 1.29 is 5.11 Å². The first-order valence-electron chi connectivity index (χ1n) is 8.46. The molecule has 0 radical (unpaired) electrons. The van der Waals surface area contributed by atoms with E-state index in [1.165, 1.54) is 0 Å². The molecule has 25 heavy (non-hydrogen) atoms. The standard InChI is InChI=1S/C20H24N4O/c1-15(22-14-20(3,25)17-9-5-4-6-10-17)18-13-23-24(16(18)2)19-11-7-8-12-21-19/h4-13,15,22,25H,14H2,1-3H3. The monoisotopic (exact) mass is 336 g/mol. The van der Waals surface area contributed by atoms with Crippen LogP contribution in [0, 0.1) is 6.92 Å². The summed E-state index contributed by atoms with van der Waals surface area (Å²) in [7, 11) is 0. The van der Waals surface area contributed by atoms with E-state index in [9.17, 15) is 5.11 Å². The molecule has 2 heterocycles. The van der Waals surface area contributed by atoms with Crippen LogP contribution < -0.4 is 5.32 Å². The van der Waals surface area contributed by atoms with Crippen molar-refractivity contribution in [3.8, 4) is 5.82 Å². The maximum atomic E-state index is 10.7. The molecule has 0 aliphatic carbocycles. The van der Waals surface area contributed by atoms with Crippen LogP contribution in [0.3, 0.4) is 0 Å². The Balaban J connectivity index is 1.72. The summed E-state index contributed by atoms with van der Waals surface area (Å²) in [5.41, 5.74) is 2.10. The maximum absolute atomic E-state index is 10.7. The van der Waals surface area contributed by atoms with Crippen LogP contribution in [0.2, 0.25) is 0 Å². The number of pyridine rings is 1. The third-order valence-corrected chi connectivity index (χ3v) is 4.53. The van der Waals surface area contributed by atoms with E-state index in [1.807, 2.05) is 73.3 Å². The van der Waals surface area contributed by atoms with Gasteiger partial charge in [-0.15, -0.1) is 0 Å². The van der Waals surface area contributed by atoms with Crippen LogP contribution in [0.25, 0.3) is 5.82 Å². The zero-order chi connectivity index (χ0) is 17.9. The largest absolute Gasteiger partial charge is 0.384 e. The van der Waals surface area contributed by atoms with Gasteiger partial charge in [0.05, 0.1) is 11.8 Å². The Morgan fingerprint density at radius 1 is 1.16 bits per heavy atom. The fourth-order valence-corrected chi connectivity index (χ4v) is 2.92. The third-order valence-electron chi connectivity index (χ3n) is 4.53. The summed E-state index contributed by atoms with van der Waals surface area (Å²) >= 11 is 0. The van der Waals surface area contributed by atoms with Gasteiger partial charge in [0.1, 0.15) is 0 Å². The molecule has 1 aromatic carbocycles. The van der Waals surface area contributed by atoms with Gasteiger partial charge in [-0.25, -0.2) is 9.67 Å². The summed E-state index contributed by atoms with van der Waals surface area (Å²) in [6.45, 7) is 6.39. The predicted molar refractivity (Wildman–Crippen MR) is 98.5 cm³/mol. The third kappa shape index (κ3) is 3.78. The Kier molecular flexibility index (Phi) is 4.97. The lowest BCUT2D eigenvalue weighted by Crippen LogP contribution is -2.36. The molecule has 3 aromatic rings. The van der Waals surface area contributed by atoms with Gasteiger partial charge in [0.2, 0.25) is 0 Å². The van der Waals surface area contributed by atoms with Gasteiger partial charge in [0.15, 0.2) is 5.82 Å². The highest BCUT2D eigenvalue weighted by Crippen LogP contribution is 2.23. The van der Waals surface area contributed by atoms with E-state index >= 15 is 0 Å². The van der Waals surface area contributed by atoms with Crippen molar-refractivity contribution in [3.63, 3.8) is 0 Å². The summed E-state index contributed by atoms with van der Waals surface area (Å²) in [6.07, 6.45) is 3.62. The van der Waals surface area contributed by atoms with E-state index in [-0.39, 0.29) is 6.04 Å². The number of benzene rings is 1. The number of nitrogens with zero attached hydrogens (tertiary/aromatic N) is 3. The Labute approximate surface area is 148 Å². The van der Waals surface area contributed by atoms with Crippen LogP contribution in [0.1, 0.15) is 36.7 Å². The van der Waals surface area contributed by atoms with Gasteiger partial charge in [-0.05, 0) is 38.5 Å². The summed E-state index contributed by atoms with van der Waals surface area (Å²) in [4.78, 5) is 4.35. The lowest BCUT2D eigenvalue weighted by atomic mass is 9.95. The lowest BCUT2D eigenvalue weighted by Gasteiger charge is -2.26. The van der Waals surface area contributed by atoms with E-state index in [4.69, 9.17) is 0 Å². The molecule has 5 nitrogen and oxygen atoms in total. The Morgan fingerprint density at radius 2 is 1.88 bits per heavy atom. The number of aromatic nitrogens is 3. The molecule has 5 heteroatoms. The molecule has 2 unspecified atom stereocenters. The van der Waals surface area contributed by atoms with Gasteiger partial charge < -0.3 is 10.4 Å². The maximum Gasteiger partial charge on any atom is 0.153 e. The molecule has 0 bridgehead atoms. The van der Waals surface area contributed by atoms with Crippen LogP contribution in [-0.2, 0) is 5.60 Å².